The molecule has 0 saturated heterocycles. The molecule has 0 fully saturated rings. The van der Waals surface area contributed by atoms with E-state index < -0.39 is 11.7 Å². The molecule has 3 nitrogen and oxygen atoms in total. The fourth-order valence-electron chi connectivity index (χ4n) is 3.54. The number of rotatable bonds is 7. The highest BCUT2D eigenvalue weighted by Crippen LogP contribution is 2.36. The third-order valence-corrected chi connectivity index (χ3v) is 5.14. The third-order valence-electron chi connectivity index (χ3n) is 5.14. The van der Waals surface area contributed by atoms with Gasteiger partial charge < -0.3 is 5.32 Å². The molecule has 0 spiro atoms. The normalized spacial score (nSPS) is 11.3. The summed E-state index contributed by atoms with van der Waals surface area (Å²) in [5, 5.41) is 3.33. The molecule has 0 aliphatic carbocycles. The second-order valence-electron chi connectivity index (χ2n) is 7.42. The highest BCUT2D eigenvalue weighted by molar-refractivity contribution is 5.82. The zero-order chi connectivity index (χ0) is 22.4. The number of aryl methyl sites for hydroxylation is 1. The summed E-state index contributed by atoms with van der Waals surface area (Å²) in [5.41, 5.74) is 3.10. The number of benzene rings is 2. The molecule has 0 amide bonds. The molecule has 0 radical (unpaired) electrons. The Morgan fingerprint density at radius 3 is 2.31 bits per heavy atom. The Balaban J connectivity index is 1.59. The van der Waals surface area contributed by atoms with Gasteiger partial charge >= 0.3 is 6.18 Å². The molecule has 162 valence electrons. The number of aromatic nitrogens is 2. The number of nitrogens with zero attached hydrogens (tertiary/aromatic N) is 2. The van der Waals surface area contributed by atoms with Gasteiger partial charge in [0.25, 0.3) is 0 Å². The molecule has 0 saturated carbocycles. The van der Waals surface area contributed by atoms with Crippen molar-refractivity contribution in [2.45, 2.75) is 19.0 Å². The van der Waals surface area contributed by atoms with E-state index >= 15 is 0 Å². The number of nitrogens with one attached hydrogen (secondary N) is 1. The van der Waals surface area contributed by atoms with Crippen molar-refractivity contribution in [3.05, 3.63) is 102 Å². The van der Waals surface area contributed by atoms with Crippen LogP contribution >= 0.6 is 0 Å². The summed E-state index contributed by atoms with van der Waals surface area (Å²) in [4.78, 5) is 8.78. The van der Waals surface area contributed by atoms with Crippen molar-refractivity contribution in [2.24, 2.45) is 0 Å². The quantitative estimate of drug-likeness (QED) is 0.323. The topological polar surface area (TPSA) is 37.8 Å². The monoisotopic (exact) mass is 433 g/mol. The van der Waals surface area contributed by atoms with Crippen molar-refractivity contribution in [3.8, 4) is 22.4 Å². The molecule has 2 aromatic carbocycles. The zero-order valence-corrected chi connectivity index (χ0v) is 17.3. The first kappa shape index (κ1) is 21.6. The molecule has 0 aliphatic rings. The van der Waals surface area contributed by atoms with E-state index in [0.717, 1.165) is 37.1 Å². The predicted molar refractivity (Wildman–Crippen MR) is 121 cm³/mol. The molecular weight excluding hydrogens is 411 g/mol. The molecule has 0 atom stereocenters. The predicted octanol–water partition coefficient (Wildman–Crippen LogP) is 6.87. The van der Waals surface area contributed by atoms with Gasteiger partial charge in [-0.2, -0.15) is 13.2 Å². The maximum absolute atomic E-state index is 13.2. The van der Waals surface area contributed by atoms with E-state index in [0.29, 0.717) is 22.6 Å². The van der Waals surface area contributed by atoms with Gasteiger partial charge in [-0.05, 0) is 60.4 Å². The van der Waals surface area contributed by atoms with Crippen molar-refractivity contribution >= 4 is 5.82 Å². The number of anilines is 1. The van der Waals surface area contributed by atoms with Crippen LogP contribution in [0.15, 0.2) is 91.3 Å². The van der Waals surface area contributed by atoms with Crippen LogP contribution in [0, 0.1) is 0 Å². The van der Waals surface area contributed by atoms with Crippen LogP contribution in [-0.2, 0) is 12.6 Å². The minimum absolute atomic E-state index is 0.467. The first-order valence-electron chi connectivity index (χ1n) is 10.4. The maximum Gasteiger partial charge on any atom is 0.416 e. The van der Waals surface area contributed by atoms with Crippen molar-refractivity contribution in [1.82, 2.24) is 9.97 Å². The molecule has 0 bridgehead atoms. The van der Waals surface area contributed by atoms with E-state index in [1.807, 2.05) is 30.3 Å². The summed E-state index contributed by atoms with van der Waals surface area (Å²) in [7, 11) is 0. The SMILES string of the molecule is FC(F)(F)c1cccc(-c2ccc(NCCCc3ccccc3)nc2-c2ccncc2)c1. The van der Waals surface area contributed by atoms with E-state index in [2.05, 4.69) is 22.4 Å². The maximum atomic E-state index is 13.2. The van der Waals surface area contributed by atoms with E-state index in [9.17, 15) is 13.2 Å². The van der Waals surface area contributed by atoms with Gasteiger partial charge in [-0.1, -0.05) is 42.5 Å². The number of pyridine rings is 2. The lowest BCUT2D eigenvalue weighted by Crippen LogP contribution is -2.06. The Morgan fingerprint density at radius 1 is 0.781 bits per heavy atom. The van der Waals surface area contributed by atoms with Gasteiger partial charge in [-0.3, -0.25) is 4.98 Å². The minimum atomic E-state index is -4.40. The van der Waals surface area contributed by atoms with E-state index in [4.69, 9.17) is 4.98 Å². The van der Waals surface area contributed by atoms with Gasteiger partial charge in [0.1, 0.15) is 5.82 Å². The number of halogens is 3. The van der Waals surface area contributed by atoms with Crippen LogP contribution in [0.25, 0.3) is 22.4 Å². The Hall–Kier alpha value is -3.67. The number of hydrogen-bond donors (Lipinski definition) is 1. The van der Waals surface area contributed by atoms with Crippen LogP contribution in [0.5, 0.6) is 0 Å². The fraction of sp³-hybridized carbons (Fsp3) is 0.154. The van der Waals surface area contributed by atoms with Crippen LogP contribution in [0.2, 0.25) is 0 Å². The average Bonchev–Trinajstić information content (AvgIpc) is 2.82. The fourth-order valence-corrected chi connectivity index (χ4v) is 3.54. The Kier molecular flexibility index (Phi) is 6.50. The Labute approximate surface area is 185 Å². The first-order chi connectivity index (χ1) is 15.5. The second-order valence-corrected chi connectivity index (χ2v) is 7.42. The summed E-state index contributed by atoms with van der Waals surface area (Å²) in [5.74, 6) is 0.681. The van der Waals surface area contributed by atoms with E-state index in [-0.39, 0.29) is 0 Å². The molecule has 4 aromatic rings. The average molecular weight is 433 g/mol. The summed E-state index contributed by atoms with van der Waals surface area (Å²) in [6.07, 6.45) is 0.777. The van der Waals surface area contributed by atoms with Crippen molar-refractivity contribution < 1.29 is 13.2 Å². The molecule has 0 unspecified atom stereocenters. The Bertz CT molecular complexity index is 1160. The third kappa shape index (κ3) is 5.32. The van der Waals surface area contributed by atoms with Crippen LogP contribution in [0.3, 0.4) is 0 Å². The van der Waals surface area contributed by atoms with Crippen LogP contribution in [-0.4, -0.2) is 16.5 Å². The molecule has 6 heteroatoms. The molecule has 32 heavy (non-hydrogen) atoms. The molecule has 4 rings (SSSR count). The molecule has 1 N–H and O–H groups in total. The molecule has 2 heterocycles. The summed E-state index contributed by atoms with van der Waals surface area (Å²) >= 11 is 0. The second kappa shape index (κ2) is 9.64. The van der Waals surface area contributed by atoms with Gasteiger partial charge in [-0.15, -0.1) is 0 Å². The lowest BCUT2D eigenvalue weighted by Gasteiger charge is -2.14. The summed E-state index contributed by atoms with van der Waals surface area (Å²) < 4.78 is 39.7. The van der Waals surface area contributed by atoms with Crippen LogP contribution in [0.1, 0.15) is 17.5 Å². The van der Waals surface area contributed by atoms with Gasteiger partial charge in [0, 0.05) is 30.1 Å². The highest BCUT2D eigenvalue weighted by atomic mass is 19.4. The lowest BCUT2D eigenvalue weighted by atomic mass is 9.98. The highest BCUT2D eigenvalue weighted by Gasteiger charge is 2.30. The van der Waals surface area contributed by atoms with Gasteiger partial charge in [0.2, 0.25) is 0 Å². The van der Waals surface area contributed by atoms with Crippen molar-refractivity contribution in [3.63, 3.8) is 0 Å². The first-order valence-corrected chi connectivity index (χ1v) is 10.4. The van der Waals surface area contributed by atoms with Crippen LogP contribution < -0.4 is 5.32 Å². The van der Waals surface area contributed by atoms with E-state index in [1.165, 1.54) is 11.6 Å². The zero-order valence-electron chi connectivity index (χ0n) is 17.3. The van der Waals surface area contributed by atoms with Gasteiger partial charge in [-0.25, -0.2) is 4.98 Å². The van der Waals surface area contributed by atoms with Gasteiger partial charge in [0.05, 0.1) is 11.3 Å². The van der Waals surface area contributed by atoms with E-state index in [1.54, 1.807) is 30.6 Å². The number of alkyl halides is 3. The minimum Gasteiger partial charge on any atom is -0.370 e. The lowest BCUT2D eigenvalue weighted by molar-refractivity contribution is -0.137. The van der Waals surface area contributed by atoms with Gasteiger partial charge in [0.15, 0.2) is 0 Å². The Morgan fingerprint density at radius 2 is 1.56 bits per heavy atom. The van der Waals surface area contributed by atoms with Crippen molar-refractivity contribution in [1.29, 1.82) is 0 Å². The largest absolute Gasteiger partial charge is 0.416 e. The molecular formula is C26H22F3N3. The standard InChI is InChI=1S/C26H22F3N3/c27-26(28,29)22-10-4-9-21(18-22)23-11-12-24(32-25(23)20-13-16-30-17-14-20)31-15-5-8-19-6-2-1-3-7-19/h1-4,6-7,9-14,16-18H,5,8,15H2,(H,31,32). The summed E-state index contributed by atoms with van der Waals surface area (Å²) in [6.45, 7) is 0.737. The van der Waals surface area contributed by atoms with Crippen LogP contribution in [0.4, 0.5) is 19.0 Å². The number of hydrogen-bond acceptors (Lipinski definition) is 3. The van der Waals surface area contributed by atoms with Crippen molar-refractivity contribution in [2.75, 3.05) is 11.9 Å². The smallest absolute Gasteiger partial charge is 0.370 e. The summed E-state index contributed by atoms with van der Waals surface area (Å²) in [6, 6.07) is 22.8. The molecule has 2 aromatic heterocycles. The molecule has 0 aliphatic heterocycles.